The predicted molar refractivity (Wildman–Crippen MR) is 61.6 cm³/mol. The number of rotatable bonds is 4. The molecule has 0 heterocycles. The molecule has 0 spiro atoms. The minimum Gasteiger partial charge on any atom is -0.297 e. The molecule has 0 aliphatic heterocycles. The molecule has 0 aromatic heterocycles. The van der Waals surface area contributed by atoms with E-state index in [4.69, 9.17) is 11.6 Å². The number of benzene rings is 1. The number of likely N-dealkylation sites (N-methyl/N-ethyl adjacent to an activating group) is 1. The number of hydrogen-bond donors (Lipinski definition) is 1. The largest absolute Gasteiger partial charge is 0.297 e. The van der Waals surface area contributed by atoms with Crippen LogP contribution in [0.1, 0.15) is 5.56 Å². The van der Waals surface area contributed by atoms with Crippen molar-refractivity contribution in [3.63, 3.8) is 0 Å². The van der Waals surface area contributed by atoms with Crippen LogP contribution in [0.15, 0.2) is 18.2 Å². The normalized spacial score (nSPS) is 10.9. The van der Waals surface area contributed by atoms with Crippen molar-refractivity contribution < 1.29 is 4.39 Å². The maximum absolute atomic E-state index is 12.8. The maximum Gasteiger partial charge on any atom is 0.141 e. The molecule has 0 radical (unpaired) electrons. The van der Waals surface area contributed by atoms with Gasteiger partial charge in [-0.3, -0.25) is 4.90 Å². The Morgan fingerprint density at radius 1 is 1.50 bits per heavy atom. The first-order valence-corrected chi connectivity index (χ1v) is 5.38. The van der Waals surface area contributed by atoms with Crippen LogP contribution in [0.5, 0.6) is 0 Å². The summed E-state index contributed by atoms with van der Waals surface area (Å²) in [6.45, 7) is 0.894. The van der Waals surface area contributed by atoms with E-state index in [1.54, 1.807) is 12.1 Å². The van der Waals surface area contributed by atoms with E-state index in [0.717, 1.165) is 24.4 Å². The van der Waals surface area contributed by atoms with Gasteiger partial charge in [-0.05, 0) is 31.2 Å². The van der Waals surface area contributed by atoms with E-state index in [9.17, 15) is 4.39 Å². The van der Waals surface area contributed by atoms with Crippen LogP contribution in [0, 0.1) is 5.82 Å². The zero-order chi connectivity index (χ0) is 10.6. The van der Waals surface area contributed by atoms with Gasteiger partial charge in [-0.1, -0.05) is 17.7 Å². The van der Waals surface area contributed by atoms with E-state index in [-0.39, 0.29) is 10.8 Å². The molecule has 1 nitrogen and oxygen atoms in total. The molecule has 0 saturated carbocycles. The van der Waals surface area contributed by atoms with E-state index in [2.05, 4.69) is 17.5 Å². The maximum atomic E-state index is 12.8. The fourth-order valence-corrected chi connectivity index (χ4v) is 1.43. The molecule has 0 aliphatic rings. The van der Waals surface area contributed by atoms with Crippen LogP contribution >= 0.6 is 24.2 Å². The zero-order valence-electron chi connectivity index (χ0n) is 8.00. The van der Waals surface area contributed by atoms with Crippen molar-refractivity contribution >= 4 is 24.2 Å². The molecule has 0 aliphatic carbocycles. The van der Waals surface area contributed by atoms with E-state index < -0.39 is 0 Å². The first-order chi connectivity index (χ1) is 6.63. The molecule has 0 bridgehead atoms. The Morgan fingerprint density at radius 2 is 2.21 bits per heavy atom. The van der Waals surface area contributed by atoms with Gasteiger partial charge in [0.25, 0.3) is 0 Å². The molecule has 1 aromatic carbocycles. The molecule has 0 saturated heterocycles. The van der Waals surface area contributed by atoms with Crippen LogP contribution < -0.4 is 0 Å². The second kappa shape index (κ2) is 5.59. The number of thiol groups is 1. The van der Waals surface area contributed by atoms with Gasteiger partial charge >= 0.3 is 0 Å². The van der Waals surface area contributed by atoms with Gasteiger partial charge in [0, 0.05) is 12.4 Å². The topological polar surface area (TPSA) is 3.24 Å². The minimum atomic E-state index is -0.363. The second-order valence-corrected chi connectivity index (χ2v) is 3.91. The van der Waals surface area contributed by atoms with Gasteiger partial charge in [-0.25, -0.2) is 4.39 Å². The Labute approximate surface area is 94.3 Å². The summed E-state index contributed by atoms with van der Waals surface area (Å²) in [5, 5.41) is 0.191. The van der Waals surface area contributed by atoms with E-state index in [1.165, 1.54) is 6.07 Å². The van der Waals surface area contributed by atoms with Crippen molar-refractivity contribution in [2.24, 2.45) is 0 Å². The summed E-state index contributed by atoms with van der Waals surface area (Å²) < 4.78 is 12.8. The Morgan fingerprint density at radius 3 is 2.79 bits per heavy atom. The summed E-state index contributed by atoms with van der Waals surface area (Å²) in [6, 6.07) is 4.83. The molecule has 0 amide bonds. The lowest BCUT2D eigenvalue weighted by atomic mass is 10.1. The summed E-state index contributed by atoms with van der Waals surface area (Å²) in [6.07, 6.45) is 0.858. The zero-order valence-corrected chi connectivity index (χ0v) is 9.65. The van der Waals surface area contributed by atoms with Gasteiger partial charge in [0.2, 0.25) is 0 Å². The number of hydrogen-bond acceptors (Lipinski definition) is 2. The highest BCUT2D eigenvalue weighted by Gasteiger charge is 2.01. The van der Waals surface area contributed by atoms with Gasteiger partial charge < -0.3 is 0 Å². The SMILES string of the molecule is CN(CS)CCc1ccc(F)c(Cl)c1. The first kappa shape index (κ1) is 11.8. The average Bonchev–Trinajstić information content (AvgIpc) is 2.19. The van der Waals surface area contributed by atoms with E-state index >= 15 is 0 Å². The molecule has 78 valence electrons. The van der Waals surface area contributed by atoms with Crippen LogP contribution in [0.3, 0.4) is 0 Å². The molecular formula is C10H13ClFNS. The monoisotopic (exact) mass is 233 g/mol. The quantitative estimate of drug-likeness (QED) is 0.618. The number of halogens is 2. The number of nitrogens with zero attached hydrogens (tertiary/aromatic N) is 1. The third-order valence-electron chi connectivity index (χ3n) is 2.01. The van der Waals surface area contributed by atoms with Crippen molar-refractivity contribution in [2.75, 3.05) is 19.5 Å². The Kier molecular flexibility index (Phi) is 4.72. The molecule has 4 heteroatoms. The summed E-state index contributed by atoms with van der Waals surface area (Å²) >= 11 is 9.80. The van der Waals surface area contributed by atoms with E-state index in [1.807, 2.05) is 7.05 Å². The molecule has 14 heavy (non-hydrogen) atoms. The minimum absolute atomic E-state index is 0.191. The third kappa shape index (κ3) is 3.48. The molecule has 0 atom stereocenters. The Bertz CT molecular complexity index is 306. The van der Waals surface area contributed by atoms with Gasteiger partial charge in [-0.15, -0.1) is 0 Å². The van der Waals surface area contributed by atoms with E-state index in [0.29, 0.717) is 0 Å². The van der Waals surface area contributed by atoms with Crippen LogP contribution in [0.25, 0.3) is 0 Å². The molecule has 0 unspecified atom stereocenters. The molecule has 1 rings (SSSR count). The standard InChI is InChI=1S/C10H13ClFNS/c1-13(7-14)5-4-8-2-3-10(12)9(11)6-8/h2-3,6,14H,4-5,7H2,1H3. The third-order valence-corrected chi connectivity index (χ3v) is 2.78. The molecule has 0 N–H and O–H groups in total. The molecule has 0 fully saturated rings. The van der Waals surface area contributed by atoms with Crippen molar-refractivity contribution in [2.45, 2.75) is 6.42 Å². The van der Waals surface area contributed by atoms with Crippen molar-refractivity contribution in [1.82, 2.24) is 4.90 Å². The lowest BCUT2D eigenvalue weighted by Gasteiger charge is -2.12. The van der Waals surface area contributed by atoms with Crippen LogP contribution in [-0.2, 0) is 6.42 Å². The van der Waals surface area contributed by atoms with Crippen LogP contribution in [-0.4, -0.2) is 24.4 Å². The second-order valence-electron chi connectivity index (χ2n) is 3.22. The Hall–Kier alpha value is -0.250. The van der Waals surface area contributed by atoms with Gasteiger partial charge in [0.1, 0.15) is 5.82 Å². The van der Waals surface area contributed by atoms with Gasteiger partial charge in [0.05, 0.1) is 5.02 Å². The highest BCUT2D eigenvalue weighted by Crippen LogP contribution is 2.16. The Balaban J connectivity index is 2.55. The van der Waals surface area contributed by atoms with Crippen LogP contribution in [0.2, 0.25) is 5.02 Å². The van der Waals surface area contributed by atoms with Crippen LogP contribution in [0.4, 0.5) is 4.39 Å². The fourth-order valence-electron chi connectivity index (χ4n) is 1.09. The fraction of sp³-hybridized carbons (Fsp3) is 0.400. The average molecular weight is 234 g/mol. The summed E-state index contributed by atoms with van der Waals surface area (Å²) in [5.41, 5.74) is 1.05. The van der Waals surface area contributed by atoms with Crippen molar-refractivity contribution in [1.29, 1.82) is 0 Å². The lowest BCUT2D eigenvalue weighted by Crippen LogP contribution is -2.19. The predicted octanol–water partition coefficient (Wildman–Crippen LogP) is 2.84. The lowest BCUT2D eigenvalue weighted by molar-refractivity contribution is 0.399. The highest BCUT2D eigenvalue weighted by molar-refractivity contribution is 7.80. The highest BCUT2D eigenvalue weighted by atomic mass is 35.5. The summed E-state index contributed by atoms with van der Waals surface area (Å²) in [7, 11) is 1.98. The van der Waals surface area contributed by atoms with Gasteiger partial charge in [0.15, 0.2) is 0 Å². The first-order valence-electron chi connectivity index (χ1n) is 4.37. The molecular weight excluding hydrogens is 221 g/mol. The smallest absolute Gasteiger partial charge is 0.141 e. The summed E-state index contributed by atoms with van der Waals surface area (Å²) in [5.74, 6) is 0.354. The van der Waals surface area contributed by atoms with Crippen molar-refractivity contribution in [3.05, 3.63) is 34.6 Å². The molecule has 1 aromatic rings. The summed E-state index contributed by atoms with van der Waals surface area (Å²) in [4.78, 5) is 2.07. The van der Waals surface area contributed by atoms with Gasteiger partial charge in [-0.2, -0.15) is 12.6 Å². The van der Waals surface area contributed by atoms with Crippen molar-refractivity contribution in [3.8, 4) is 0 Å².